The van der Waals surface area contributed by atoms with Gasteiger partial charge in [-0.1, -0.05) is 38.5 Å². The summed E-state index contributed by atoms with van der Waals surface area (Å²) in [6.45, 7) is 5.05. The highest BCUT2D eigenvalue weighted by Gasteiger charge is 2.28. The molecule has 0 bridgehead atoms. The Bertz CT molecular complexity index is 217. The van der Waals surface area contributed by atoms with Crippen LogP contribution in [0.4, 0.5) is 0 Å². The van der Waals surface area contributed by atoms with E-state index in [-0.39, 0.29) is 0 Å². The summed E-state index contributed by atoms with van der Waals surface area (Å²) < 4.78 is 0. The third-order valence-electron chi connectivity index (χ3n) is 5.19. The summed E-state index contributed by atoms with van der Waals surface area (Å²) >= 11 is 0. The second-order valence-electron chi connectivity index (χ2n) is 6.48. The second-order valence-corrected chi connectivity index (χ2v) is 6.48. The van der Waals surface area contributed by atoms with E-state index >= 15 is 0 Å². The average Bonchev–Trinajstić information content (AvgIpc) is 2.46. The largest absolute Gasteiger partial charge is 0.316 e. The Hall–Kier alpha value is -0.0800. The lowest BCUT2D eigenvalue weighted by atomic mass is 9.82. The molecule has 0 spiro atoms. The fourth-order valence-corrected chi connectivity index (χ4v) is 3.88. The predicted octanol–water partition coefficient (Wildman–Crippen LogP) is 3.42. The van der Waals surface area contributed by atoms with Crippen molar-refractivity contribution >= 4 is 0 Å². The Balaban J connectivity index is 1.90. The third-order valence-corrected chi connectivity index (χ3v) is 5.19. The number of piperidine rings is 1. The molecule has 0 aromatic rings. The molecule has 0 unspecified atom stereocenters. The van der Waals surface area contributed by atoms with Gasteiger partial charge in [0.05, 0.1) is 0 Å². The van der Waals surface area contributed by atoms with E-state index in [1.165, 1.54) is 70.9 Å². The minimum absolute atomic E-state index is 0.644. The van der Waals surface area contributed by atoms with Crippen molar-refractivity contribution in [3.63, 3.8) is 0 Å². The molecule has 2 rings (SSSR count). The van der Waals surface area contributed by atoms with Crippen LogP contribution in [-0.2, 0) is 0 Å². The van der Waals surface area contributed by atoms with Crippen LogP contribution in [0.2, 0.25) is 0 Å². The highest BCUT2D eigenvalue weighted by molar-refractivity contribution is 4.85. The lowest BCUT2D eigenvalue weighted by molar-refractivity contribution is 0.108. The molecule has 1 N–H and O–H groups in total. The van der Waals surface area contributed by atoms with Crippen LogP contribution in [0.25, 0.3) is 0 Å². The minimum Gasteiger partial charge on any atom is -0.316 e. The fourth-order valence-electron chi connectivity index (χ4n) is 3.88. The van der Waals surface area contributed by atoms with Crippen LogP contribution in [0.1, 0.15) is 64.7 Å². The number of nitrogens with zero attached hydrogens (tertiary/aromatic N) is 1. The molecule has 106 valence electrons. The first kappa shape index (κ1) is 14.3. The number of hydrogen-bond donors (Lipinski definition) is 1. The van der Waals surface area contributed by atoms with E-state index in [4.69, 9.17) is 0 Å². The third kappa shape index (κ3) is 3.96. The number of rotatable bonds is 5. The van der Waals surface area contributed by atoms with Crippen LogP contribution >= 0.6 is 0 Å². The van der Waals surface area contributed by atoms with E-state index < -0.39 is 0 Å². The lowest BCUT2D eigenvalue weighted by Gasteiger charge is -2.40. The van der Waals surface area contributed by atoms with Gasteiger partial charge < -0.3 is 5.32 Å². The van der Waals surface area contributed by atoms with Crippen molar-refractivity contribution in [2.45, 2.75) is 76.8 Å². The van der Waals surface area contributed by atoms with Crippen molar-refractivity contribution in [2.24, 2.45) is 5.92 Å². The number of likely N-dealkylation sites (N-methyl/N-ethyl adjacent to an activating group) is 1. The lowest BCUT2D eigenvalue weighted by Crippen LogP contribution is -2.50. The van der Waals surface area contributed by atoms with Gasteiger partial charge in [-0.05, 0) is 52.2 Å². The second kappa shape index (κ2) is 7.49. The number of likely N-dealkylation sites (tertiary alicyclic amines) is 1. The summed E-state index contributed by atoms with van der Waals surface area (Å²) in [6.07, 6.45) is 13.1. The van der Waals surface area contributed by atoms with E-state index in [0.29, 0.717) is 6.04 Å². The zero-order valence-corrected chi connectivity index (χ0v) is 12.5. The van der Waals surface area contributed by atoms with Crippen LogP contribution in [0.3, 0.4) is 0 Å². The molecule has 1 aliphatic heterocycles. The summed E-state index contributed by atoms with van der Waals surface area (Å²) in [4.78, 5) is 2.78. The van der Waals surface area contributed by atoms with Crippen LogP contribution in [0, 0.1) is 5.92 Å². The fraction of sp³-hybridized carbons (Fsp3) is 1.00. The summed E-state index contributed by atoms with van der Waals surface area (Å²) in [6, 6.07) is 1.42. The Morgan fingerprint density at radius 1 is 1.00 bits per heavy atom. The topological polar surface area (TPSA) is 15.3 Å². The molecular formula is C16H32N2. The molecule has 1 saturated heterocycles. The van der Waals surface area contributed by atoms with Crippen molar-refractivity contribution in [3.05, 3.63) is 0 Å². The van der Waals surface area contributed by atoms with Crippen LogP contribution in [-0.4, -0.2) is 37.1 Å². The molecular weight excluding hydrogens is 220 g/mol. The Labute approximate surface area is 114 Å². The normalized spacial score (nSPS) is 27.0. The van der Waals surface area contributed by atoms with Gasteiger partial charge in [0.15, 0.2) is 0 Å². The SMILES string of the molecule is CN[C@H](C)[C@H](CC1CCCCC1)N1CCCCC1. The van der Waals surface area contributed by atoms with Gasteiger partial charge in [-0.15, -0.1) is 0 Å². The quantitative estimate of drug-likeness (QED) is 0.806. The summed E-state index contributed by atoms with van der Waals surface area (Å²) in [5, 5.41) is 3.51. The first-order valence-corrected chi connectivity index (χ1v) is 8.22. The highest BCUT2D eigenvalue weighted by Crippen LogP contribution is 2.30. The van der Waals surface area contributed by atoms with Gasteiger partial charge in [0.25, 0.3) is 0 Å². The maximum absolute atomic E-state index is 3.51. The van der Waals surface area contributed by atoms with E-state index in [1.807, 2.05) is 0 Å². The molecule has 1 aliphatic carbocycles. The molecule has 0 radical (unpaired) electrons. The highest BCUT2D eigenvalue weighted by atomic mass is 15.2. The maximum atomic E-state index is 3.51. The first-order valence-electron chi connectivity index (χ1n) is 8.22. The monoisotopic (exact) mass is 252 g/mol. The first-order chi connectivity index (χ1) is 8.81. The predicted molar refractivity (Wildman–Crippen MR) is 78.9 cm³/mol. The van der Waals surface area contributed by atoms with E-state index in [9.17, 15) is 0 Å². The molecule has 0 amide bonds. The summed E-state index contributed by atoms with van der Waals surface area (Å²) in [7, 11) is 2.13. The average molecular weight is 252 g/mol. The van der Waals surface area contributed by atoms with Crippen molar-refractivity contribution in [1.82, 2.24) is 10.2 Å². The Morgan fingerprint density at radius 2 is 1.61 bits per heavy atom. The van der Waals surface area contributed by atoms with Crippen LogP contribution < -0.4 is 5.32 Å². The zero-order valence-electron chi connectivity index (χ0n) is 12.5. The molecule has 2 heteroatoms. The maximum Gasteiger partial charge on any atom is 0.0249 e. The molecule has 0 aromatic heterocycles. The van der Waals surface area contributed by atoms with Gasteiger partial charge in [0.1, 0.15) is 0 Å². The number of hydrogen-bond acceptors (Lipinski definition) is 2. The van der Waals surface area contributed by atoms with Crippen LogP contribution in [0.5, 0.6) is 0 Å². The molecule has 2 fully saturated rings. The Kier molecular flexibility index (Phi) is 5.97. The van der Waals surface area contributed by atoms with E-state index in [0.717, 1.165) is 12.0 Å². The van der Waals surface area contributed by atoms with Gasteiger partial charge in [-0.3, -0.25) is 4.90 Å². The van der Waals surface area contributed by atoms with Crippen LogP contribution in [0.15, 0.2) is 0 Å². The Morgan fingerprint density at radius 3 is 2.22 bits per heavy atom. The van der Waals surface area contributed by atoms with Crippen molar-refractivity contribution < 1.29 is 0 Å². The van der Waals surface area contributed by atoms with Crippen molar-refractivity contribution in [2.75, 3.05) is 20.1 Å². The van der Waals surface area contributed by atoms with Gasteiger partial charge >= 0.3 is 0 Å². The number of nitrogens with one attached hydrogen (secondary N) is 1. The molecule has 2 nitrogen and oxygen atoms in total. The minimum atomic E-state index is 0.644. The molecule has 18 heavy (non-hydrogen) atoms. The molecule has 0 aromatic carbocycles. The van der Waals surface area contributed by atoms with Gasteiger partial charge in [-0.2, -0.15) is 0 Å². The van der Waals surface area contributed by atoms with Crippen molar-refractivity contribution in [3.8, 4) is 0 Å². The van der Waals surface area contributed by atoms with Gasteiger partial charge in [0, 0.05) is 12.1 Å². The smallest absolute Gasteiger partial charge is 0.0249 e. The summed E-state index contributed by atoms with van der Waals surface area (Å²) in [5.41, 5.74) is 0. The standard InChI is InChI=1S/C16H32N2/c1-14(17-2)16(18-11-7-4-8-12-18)13-15-9-5-3-6-10-15/h14-17H,3-13H2,1-2H3/t14-,16+/m1/s1. The van der Waals surface area contributed by atoms with Crippen molar-refractivity contribution in [1.29, 1.82) is 0 Å². The van der Waals surface area contributed by atoms with Gasteiger partial charge in [0.2, 0.25) is 0 Å². The molecule has 1 heterocycles. The van der Waals surface area contributed by atoms with E-state index in [2.05, 4.69) is 24.2 Å². The molecule has 2 aliphatic rings. The van der Waals surface area contributed by atoms with E-state index in [1.54, 1.807) is 0 Å². The zero-order chi connectivity index (χ0) is 12.8. The summed E-state index contributed by atoms with van der Waals surface area (Å²) in [5.74, 6) is 1.00. The molecule has 2 atom stereocenters. The van der Waals surface area contributed by atoms with Gasteiger partial charge in [-0.25, -0.2) is 0 Å². The molecule has 1 saturated carbocycles.